The van der Waals surface area contributed by atoms with E-state index in [0.29, 0.717) is 12.5 Å². The zero-order chi connectivity index (χ0) is 12.0. The Kier molecular flexibility index (Phi) is 4.92. The van der Waals surface area contributed by atoms with E-state index in [0.717, 1.165) is 18.5 Å². The van der Waals surface area contributed by atoms with Crippen LogP contribution in [-0.2, 0) is 6.54 Å². The highest BCUT2D eigenvalue weighted by atomic mass is 16.6. The van der Waals surface area contributed by atoms with Crippen molar-refractivity contribution in [3.63, 3.8) is 0 Å². The summed E-state index contributed by atoms with van der Waals surface area (Å²) in [4.78, 5) is 10.4. The fourth-order valence-corrected chi connectivity index (χ4v) is 1.44. The lowest BCUT2D eigenvalue weighted by Gasteiger charge is -2.10. The van der Waals surface area contributed by atoms with Gasteiger partial charge in [0.25, 0.3) is 5.69 Å². The van der Waals surface area contributed by atoms with E-state index in [1.807, 2.05) is 6.07 Å². The van der Waals surface area contributed by atoms with Gasteiger partial charge in [-0.25, -0.2) is 0 Å². The second kappa shape index (κ2) is 6.23. The van der Waals surface area contributed by atoms with Crippen molar-refractivity contribution in [1.29, 1.82) is 0 Å². The summed E-state index contributed by atoms with van der Waals surface area (Å²) in [6.45, 7) is 5.74. The van der Waals surface area contributed by atoms with Crippen LogP contribution < -0.4 is 5.32 Å². The SMILES string of the molecule is CCC(C)CNCc1ccccc1[N+](=O)[O-]. The third-order valence-corrected chi connectivity index (χ3v) is 2.69. The van der Waals surface area contributed by atoms with Crippen molar-refractivity contribution in [3.8, 4) is 0 Å². The van der Waals surface area contributed by atoms with Gasteiger partial charge in [-0.3, -0.25) is 10.1 Å². The van der Waals surface area contributed by atoms with E-state index in [-0.39, 0.29) is 10.6 Å². The first-order chi connectivity index (χ1) is 7.65. The molecule has 0 radical (unpaired) electrons. The van der Waals surface area contributed by atoms with Crippen LogP contribution in [0.1, 0.15) is 25.8 Å². The summed E-state index contributed by atoms with van der Waals surface area (Å²) in [5.74, 6) is 0.600. The molecule has 0 aliphatic rings. The molecule has 0 bridgehead atoms. The third-order valence-electron chi connectivity index (χ3n) is 2.69. The molecular formula is C12H18N2O2. The van der Waals surface area contributed by atoms with E-state index in [4.69, 9.17) is 0 Å². The number of nitro benzene ring substituents is 1. The lowest BCUT2D eigenvalue weighted by Crippen LogP contribution is -2.20. The van der Waals surface area contributed by atoms with E-state index in [2.05, 4.69) is 19.2 Å². The van der Waals surface area contributed by atoms with E-state index >= 15 is 0 Å². The Morgan fingerprint density at radius 2 is 2.12 bits per heavy atom. The summed E-state index contributed by atoms with van der Waals surface area (Å²) in [6, 6.07) is 6.85. The van der Waals surface area contributed by atoms with Crippen LogP contribution in [0.15, 0.2) is 24.3 Å². The van der Waals surface area contributed by atoms with Crippen LogP contribution in [0.2, 0.25) is 0 Å². The molecule has 1 unspecified atom stereocenters. The summed E-state index contributed by atoms with van der Waals surface area (Å²) in [5.41, 5.74) is 0.940. The zero-order valence-electron chi connectivity index (χ0n) is 9.77. The van der Waals surface area contributed by atoms with Crippen molar-refractivity contribution in [2.45, 2.75) is 26.8 Å². The van der Waals surface area contributed by atoms with Crippen LogP contribution in [0.3, 0.4) is 0 Å². The molecule has 4 heteroatoms. The molecule has 0 saturated heterocycles. The highest BCUT2D eigenvalue weighted by molar-refractivity contribution is 5.39. The number of benzene rings is 1. The maximum atomic E-state index is 10.8. The molecule has 1 N–H and O–H groups in total. The first kappa shape index (κ1) is 12.6. The van der Waals surface area contributed by atoms with Crippen LogP contribution in [0, 0.1) is 16.0 Å². The molecule has 0 fully saturated rings. The average molecular weight is 222 g/mol. The quantitative estimate of drug-likeness (QED) is 0.594. The molecule has 1 atom stereocenters. The molecule has 1 rings (SSSR count). The molecule has 0 aromatic heterocycles. The molecule has 0 aliphatic carbocycles. The van der Waals surface area contributed by atoms with Crippen molar-refractivity contribution in [1.82, 2.24) is 5.32 Å². The molecule has 1 aromatic rings. The summed E-state index contributed by atoms with van der Waals surface area (Å²) in [7, 11) is 0. The number of hydrogen-bond donors (Lipinski definition) is 1. The number of nitrogens with zero attached hydrogens (tertiary/aromatic N) is 1. The molecule has 16 heavy (non-hydrogen) atoms. The molecule has 0 spiro atoms. The Bertz CT molecular complexity index is 353. The second-order valence-electron chi connectivity index (χ2n) is 4.03. The minimum absolute atomic E-state index is 0.194. The molecule has 0 amide bonds. The van der Waals surface area contributed by atoms with Gasteiger partial charge in [0.1, 0.15) is 0 Å². The van der Waals surface area contributed by atoms with E-state index in [1.54, 1.807) is 18.2 Å². The number of nitro groups is 1. The molecule has 1 aromatic carbocycles. The van der Waals surface area contributed by atoms with Gasteiger partial charge in [0.2, 0.25) is 0 Å². The second-order valence-corrected chi connectivity index (χ2v) is 4.03. The molecule has 0 aliphatic heterocycles. The average Bonchev–Trinajstić information content (AvgIpc) is 2.29. The Labute approximate surface area is 95.8 Å². The summed E-state index contributed by atoms with van der Waals surface area (Å²) in [5, 5.41) is 14.0. The number of hydrogen-bond acceptors (Lipinski definition) is 3. The van der Waals surface area contributed by atoms with Gasteiger partial charge in [-0.15, -0.1) is 0 Å². The smallest absolute Gasteiger partial charge is 0.273 e. The van der Waals surface area contributed by atoms with Crippen molar-refractivity contribution in [2.24, 2.45) is 5.92 Å². The Hall–Kier alpha value is -1.42. The summed E-state index contributed by atoms with van der Waals surface area (Å²) in [6.07, 6.45) is 1.11. The largest absolute Gasteiger partial charge is 0.312 e. The highest BCUT2D eigenvalue weighted by Crippen LogP contribution is 2.17. The molecule has 0 saturated carbocycles. The van der Waals surface area contributed by atoms with Crippen LogP contribution in [0.25, 0.3) is 0 Å². The molecule has 88 valence electrons. The van der Waals surface area contributed by atoms with Crippen molar-refractivity contribution >= 4 is 5.69 Å². The Balaban J connectivity index is 2.56. The van der Waals surface area contributed by atoms with Gasteiger partial charge < -0.3 is 5.32 Å². The van der Waals surface area contributed by atoms with Gasteiger partial charge in [-0.2, -0.15) is 0 Å². The maximum Gasteiger partial charge on any atom is 0.273 e. The van der Waals surface area contributed by atoms with Gasteiger partial charge in [0.05, 0.1) is 4.92 Å². The predicted octanol–water partition coefficient (Wildman–Crippen LogP) is 2.73. The normalized spacial score (nSPS) is 12.4. The van der Waals surface area contributed by atoms with Gasteiger partial charge in [-0.1, -0.05) is 38.5 Å². The van der Waals surface area contributed by atoms with Crippen LogP contribution in [0.4, 0.5) is 5.69 Å². The van der Waals surface area contributed by atoms with Crippen molar-refractivity contribution < 1.29 is 4.92 Å². The van der Waals surface area contributed by atoms with Crippen LogP contribution in [0.5, 0.6) is 0 Å². The molecule has 4 nitrogen and oxygen atoms in total. The van der Waals surface area contributed by atoms with Gasteiger partial charge >= 0.3 is 0 Å². The highest BCUT2D eigenvalue weighted by Gasteiger charge is 2.11. The van der Waals surface area contributed by atoms with Gasteiger partial charge in [0, 0.05) is 18.2 Å². The fraction of sp³-hybridized carbons (Fsp3) is 0.500. The third kappa shape index (κ3) is 3.62. The molecular weight excluding hydrogens is 204 g/mol. The van der Waals surface area contributed by atoms with Crippen LogP contribution in [-0.4, -0.2) is 11.5 Å². The van der Waals surface area contributed by atoms with Crippen molar-refractivity contribution in [3.05, 3.63) is 39.9 Å². The minimum Gasteiger partial charge on any atom is -0.312 e. The fourth-order valence-electron chi connectivity index (χ4n) is 1.44. The van der Waals surface area contributed by atoms with E-state index in [1.165, 1.54) is 0 Å². The first-order valence-corrected chi connectivity index (χ1v) is 5.58. The zero-order valence-corrected chi connectivity index (χ0v) is 9.77. The lowest BCUT2D eigenvalue weighted by molar-refractivity contribution is -0.385. The maximum absolute atomic E-state index is 10.8. The summed E-state index contributed by atoms with van der Waals surface area (Å²) < 4.78 is 0. The van der Waals surface area contributed by atoms with Crippen LogP contribution >= 0.6 is 0 Å². The predicted molar refractivity (Wildman–Crippen MR) is 64.3 cm³/mol. The lowest BCUT2D eigenvalue weighted by atomic mass is 10.1. The molecule has 0 heterocycles. The number of rotatable bonds is 6. The standard InChI is InChI=1S/C12H18N2O2/c1-3-10(2)8-13-9-11-6-4-5-7-12(11)14(15)16/h4-7,10,13H,3,8-9H2,1-2H3. The topological polar surface area (TPSA) is 55.2 Å². The van der Waals surface area contributed by atoms with E-state index in [9.17, 15) is 10.1 Å². The van der Waals surface area contributed by atoms with Gasteiger partial charge in [0.15, 0.2) is 0 Å². The van der Waals surface area contributed by atoms with Crippen molar-refractivity contribution in [2.75, 3.05) is 6.54 Å². The minimum atomic E-state index is -0.333. The Morgan fingerprint density at radius 3 is 2.75 bits per heavy atom. The summed E-state index contributed by atoms with van der Waals surface area (Å²) >= 11 is 0. The van der Waals surface area contributed by atoms with Gasteiger partial charge in [-0.05, 0) is 12.5 Å². The van der Waals surface area contributed by atoms with E-state index < -0.39 is 0 Å². The number of nitrogens with one attached hydrogen (secondary N) is 1. The monoisotopic (exact) mass is 222 g/mol. The first-order valence-electron chi connectivity index (χ1n) is 5.58. The Morgan fingerprint density at radius 1 is 1.44 bits per heavy atom. The number of para-hydroxylation sites is 1.